The Kier molecular flexibility index (Phi) is 6.36. The second-order valence-corrected chi connectivity index (χ2v) is 4.96. The van der Waals surface area contributed by atoms with Gasteiger partial charge in [0.05, 0.1) is 11.0 Å². The topological polar surface area (TPSA) is 73.6 Å². The van der Waals surface area contributed by atoms with Crippen LogP contribution in [0.2, 0.25) is 0 Å². The van der Waals surface area contributed by atoms with Crippen molar-refractivity contribution in [1.82, 2.24) is 5.32 Å². The van der Waals surface area contributed by atoms with E-state index in [0.717, 1.165) is 0 Å². The van der Waals surface area contributed by atoms with Crippen LogP contribution in [0.4, 0.5) is 5.69 Å². The summed E-state index contributed by atoms with van der Waals surface area (Å²) in [6.07, 6.45) is -0.394. The molecule has 0 aliphatic rings. The molecule has 0 fully saturated rings. The van der Waals surface area contributed by atoms with Gasteiger partial charge in [-0.2, -0.15) is 0 Å². The van der Waals surface area contributed by atoms with E-state index >= 15 is 0 Å². The first-order valence-corrected chi connectivity index (χ1v) is 6.50. The second kappa shape index (κ2) is 7.54. The van der Waals surface area contributed by atoms with Gasteiger partial charge in [-0.05, 0) is 19.1 Å². The molecule has 0 amide bonds. The van der Waals surface area contributed by atoms with Gasteiger partial charge in [-0.3, -0.25) is 10.1 Å². The van der Waals surface area contributed by atoms with Crippen molar-refractivity contribution in [2.75, 3.05) is 14.2 Å². The molecule has 1 unspecified atom stereocenters. The van der Waals surface area contributed by atoms with Gasteiger partial charge in [0.2, 0.25) is 0 Å². The fraction of sp³-hybridized carbons (Fsp3) is 0.500. The highest BCUT2D eigenvalue weighted by atomic mass is 79.9. The van der Waals surface area contributed by atoms with E-state index < -0.39 is 11.2 Å². The molecule has 19 heavy (non-hydrogen) atoms. The van der Waals surface area contributed by atoms with E-state index in [4.69, 9.17) is 9.47 Å². The van der Waals surface area contributed by atoms with E-state index in [2.05, 4.69) is 21.2 Å². The van der Waals surface area contributed by atoms with Crippen LogP contribution in [-0.2, 0) is 16.0 Å². The number of ether oxygens (including phenoxy) is 2. The Morgan fingerprint density at radius 2 is 2.05 bits per heavy atom. The van der Waals surface area contributed by atoms with Crippen LogP contribution >= 0.6 is 15.9 Å². The maximum atomic E-state index is 11.0. The minimum atomic E-state index is -0.394. The lowest BCUT2D eigenvalue weighted by Crippen LogP contribution is -2.39. The Bertz CT molecular complexity index is 438. The summed E-state index contributed by atoms with van der Waals surface area (Å²) in [5.74, 6) is 0. The summed E-state index contributed by atoms with van der Waals surface area (Å²) < 4.78 is 10.9. The lowest BCUT2D eigenvalue weighted by atomic mass is 10.1. The molecule has 1 atom stereocenters. The molecule has 6 nitrogen and oxygen atoms in total. The number of hydrogen-bond acceptors (Lipinski definition) is 5. The van der Waals surface area contributed by atoms with Crippen LogP contribution in [-0.4, -0.2) is 31.5 Å². The zero-order valence-corrected chi connectivity index (χ0v) is 12.6. The lowest BCUT2D eigenvalue weighted by molar-refractivity contribution is -0.385. The molecule has 0 saturated carbocycles. The van der Waals surface area contributed by atoms with E-state index in [1.807, 2.05) is 6.92 Å². The van der Waals surface area contributed by atoms with Gasteiger partial charge in [0.15, 0.2) is 6.29 Å². The minimum absolute atomic E-state index is 0.0838. The SMILES string of the molecule is COC(OC)C(C)NCc1ccc(Br)cc1[N+](=O)[O-]. The van der Waals surface area contributed by atoms with Crippen LogP contribution in [0.25, 0.3) is 0 Å². The summed E-state index contributed by atoms with van der Waals surface area (Å²) in [5.41, 5.74) is 0.700. The van der Waals surface area contributed by atoms with Gasteiger partial charge in [0.1, 0.15) is 0 Å². The Labute approximate surface area is 120 Å². The third-order valence-corrected chi connectivity index (χ3v) is 3.22. The highest BCUT2D eigenvalue weighted by molar-refractivity contribution is 9.10. The standard InChI is InChI=1S/C12H17BrN2O4/c1-8(12(18-2)19-3)14-7-9-4-5-10(13)6-11(9)15(16)17/h4-6,8,12,14H,7H2,1-3H3. The average molecular weight is 333 g/mol. The molecule has 0 saturated heterocycles. The Hall–Kier alpha value is -1.02. The number of nitrogens with one attached hydrogen (secondary N) is 1. The van der Waals surface area contributed by atoms with Gasteiger partial charge in [-0.1, -0.05) is 15.9 Å². The molecule has 0 spiro atoms. The second-order valence-electron chi connectivity index (χ2n) is 4.04. The zero-order chi connectivity index (χ0) is 14.4. The Morgan fingerprint density at radius 3 is 2.58 bits per heavy atom. The highest BCUT2D eigenvalue weighted by Crippen LogP contribution is 2.23. The van der Waals surface area contributed by atoms with Gasteiger partial charge in [0.25, 0.3) is 5.69 Å². The van der Waals surface area contributed by atoms with Gasteiger partial charge >= 0.3 is 0 Å². The number of halogens is 1. The molecule has 1 rings (SSSR count). The summed E-state index contributed by atoms with van der Waals surface area (Å²) in [5, 5.41) is 14.1. The van der Waals surface area contributed by atoms with Crippen molar-refractivity contribution in [2.24, 2.45) is 0 Å². The third kappa shape index (κ3) is 4.54. The fourth-order valence-electron chi connectivity index (χ4n) is 1.73. The molecule has 0 aliphatic heterocycles. The zero-order valence-electron chi connectivity index (χ0n) is 11.1. The number of nitro groups is 1. The molecule has 0 aromatic heterocycles. The molecule has 1 aromatic rings. The van der Waals surface area contributed by atoms with Crippen LogP contribution in [0.15, 0.2) is 22.7 Å². The summed E-state index contributed by atoms with van der Waals surface area (Å²) in [6.45, 7) is 2.26. The van der Waals surface area contributed by atoms with Crippen molar-refractivity contribution in [3.8, 4) is 0 Å². The summed E-state index contributed by atoms with van der Waals surface area (Å²) in [6, 6.07) is 4.90. The largest absolute Gasteiger partial charge is 0.354 e. The first-order valence-electron chi connectivity index (χ1n) is 5.71. The van der Waals surface area contributed by atoms with Gasteiger partial charge in [0, 0.05) is 36.9 Å². The predicted octanol–water partition coefficient (Wildman–Crippen LogP) is 2.45. The normalized spacial score (nSPS) is 12.7. The molecule has 0 aliphatic carbocycles. The van der Waals surface area contributed by atoms with Crippen LogP contribution in [0, 0.1) is 10.1 Å². The smallest absolute Gasteiger partial charge is 0.275 e. The molecule has 0 bridgehead atoms. The molecular weight excluding hydrogens is 316 g/mol. The molecule has 0 heterocycles. The van der Waals surface area contributed by atoms with Crippen molar-refractivity contribution < 1.29 is 14.4 Å². The minimum Gasteiger partial charge on any atom is -0.354 e. The number of nitrogens with zero attached hydrogens (tertiary/aromatic N) is 1. The predicted molar refractivity (Wildman–Crippen MR) is 74.9 cm³/mol. The first-order chi connectivity index (χ1) is 8.99. The van der Waals surface area contributed by atoms with Gasteiger partial charge in [-0.25, -0.2) is 0 Å². The number of hydrogen-bond donors (Lipinski definition) is 1. The number of nitro benzene ring substituents is 1. The fourth-order valence-corrected chi connectivity index (χ4v) is 2.08. The molecule has 106 valence electrons. The van der Waals surface area contributed by atoms with E-state index in [1.165, 1.54) is 6.07 Å². The molecular formula is C12H17BrN2O4. The van der Waals surface area contributed by atoms with Crippen LogP contribution in [0.1, 0.15) is 12.5 Å². The number of benzene rings is 1. The maximum Gasteiger partial charge on any atom is 0.275 e. The lowest BCUT2D eigenvalue weighted by Gasteiger charge is -2.22. The van der Waals surface area contributed by atoms with Crippen molar-refractivity contribution in [3.05, 3.63) is 38.3 Å². The van der Waals surface area contributed by atoms with E-state index in [0.29, 0.717) is 16.6 Å². The molecule has 7 heteroatoms. The Balaban J connectivity index is 2.75. The average Bonchev–Trinajstić information content (AvgIpc) is 2.38. The Morgan fingerprint density at radius 1 is 1.42 bits per heavy atom. The van der Waals surface area contributed by atoms with Crippen LogP contribution < -0.4 is 5.32 Å². The van der Waals surface area contributed by atoms with Gasteiger partial charge < -0.3 is 14.8 Å². The van der Waals surface area contributed by atoms with Crippen LogP contribution in [0.3, 0.4) is 0 Å². The monoisotopic (exact) mass is 332 g/mol. The van der Waals surface area contributed by atoms with Crippen LogP contribution in [0.5, 0.6) is 0 Å². The molecule has 1 N–H and O–H groups in total. The van der Waals surface area contributed by atoms with Crippen molar-refractivity contribution in [1.29, 1.82) is 0 Å². The summed E-state index contributed by atoms with van der Waals surface area (Å²) in [4.78, 5) is 10.6. The highest BCUT2D eigenvalue weighted by Gasteiger charge is 2.18. The van der Waals surface area contributed by atoms with Crippen molar-refractivity contribution >= 4 is 21.6 Å². The molecule has 1 aromatic carbocycles. The van der Waals surface area contributed by atoms with Crippen molar-refractivity contribution in [2.45, 2.75) is 25.8 Å². The quantitative estimate of drug-likeness (QED) is 0.471. The summed E-state index contributed by atoms with van der Waals surface area (Å²) >= 11 is 3.23. The third-order valence-electron chi connectivity index (χ3n) is 2.73. The first kappa shape index (κ1) is 16.0. The summed E-state index contributed by atoms with van der Waals surface area (Å²) in [7, 11) is 3.10. The maximum absolute atomic E-state index is 11.0. The van der Waals surface area contributed by atoms with E-state index in [9.17, 15) is 10.1 Å². The number of methoxy groups -OCH3 is 2. The van der Waals surface area contributed by atoms with E-state index in [-0.39, 0.29) is 11.7 Å². The molecule has 0 radical (unpaired) electrons. The van der Waals surface area contributed by atoms with E-state index in [1.54, 1.807) is 26.4 Å². The van der Waals surface area contributed by atoms with Crippen molar-refractivity contribution in [3.63, 3.8) is 0 Å². The number of rotatable bonds is 7. The van der Waals surface area contributed by atoms with Gasteiger partial charge in [-0.15, -0.1) is 0 Å².